The highest BCUT2D eigenvalue weighted by Crippen LogP contribution is 1.88. The molecule has 80 valence electrons. The highest BCUT2D eigenvalue weighted by atomic mass is 32.1. The molecule has 0 bridgehead atoms. The van der Waals surface area contributed by atoms with E-state index in [1.54, 1.807) is 0 Å². The molecule has 0 aliphatic carbocycles. The van der Waals surface area contributed by atoms with Crippen LogP contribution in [0, 0.1) is 0 Å². The number of hydrogen-bond acceptors (Lipinski definition) is 4. The predicted molar refractivity (Wildman–Crippen MR) is 58.5 cm³/mol. The minimum Gasteiger partial charge on any atom is -0.389 e. The molecule has 2 N–H and O–H groups in total. The average molecular weight is 207 g/mol. The van der Waals surface area contributed by atoms with Gasteiger partial charge in [-0.1, -0.05) is 6.92 Å². The Bertz CT molecular complexity index is 104. The van der Waals surface area contributed by atoms with Crippen LogP contribution in [-0.4, -0.2) is 43.3 Å². The second kappa shape index (κ2) is 10.3. The monoisotopic (exact) mass is 207 g/mol. The van der Waals surface area contributed by atoms with Crippen molar-refractivity contribution in [2.24, 2.45) is 0 Å². The van der Waals surface area contributed by atoms with Gasteiger partial charge in [-0.15, -0.1) is 0 Å². The zero-order valence-electron chi connectivity index (χ0n) is 8.33. The minimum atomic E-state index is -0.383. The lowest BCUT2D eigenvalue weighted by molar-refractivity contribution is 0.0378. The van der Waals surface area contributed by atoms with Crippen LogP contribution < -0.4 is 5.32 Å². The van der Waals surface area contributed by atoms with Crippen molar-refractivity contribution in [3.63, 3.8) is 0 Å². The standard InChI is InChI=1S/C9H21NO2S/c1-2-4-10-7-9(11)8-12-5-3-6-13/h9-11,13H,2-8H2,1H3. The van der Waals surface area contributed by atoms with Crippen molar-refractivity contribution < 1.29 is 9.84 Å². The van der Waals surface area contributed by atoms with Crippen LogP contribution >= 0.6 is 12.6 Å². The quantitative estimate of drug-likeness (QED) is 0.385. The Kier molecular flexibility index (Phi) is 10.5. The fourth-order valence-corrected chi connectivity index (χ4v) is 1.02. The van der Waals surface area contributed by atoms with Crippen molar-refractivity contribution in [3.8, 4) is 0 Å². The number of ether oxygens (including phenoxy) is 1. The average Bonchev–Trinajstić information content (AvgIpc) is 2.13. The molecular weight excluding hydrogens is 186 g/mol. The van der Waals surface area contributed by atoms with Gasteiger partial charge in [-0.25, -0.2) is 0 Å². The Morgan fingerprint density at radius 1 is 1.54 bits per heavy atom. The van der Waals surface area contributed by atoms with Crippen LogP contribution in [0.2, 0.25) is 0 Å². The first-order valence-electron chi connectivity index (χ1n) is 4.88. The zero-order valence-corrected chi connectivity index (χ0v) is 9.22. The molecule has 0 aromatic carbocycles. The van der Waals surface area contributed by atoms with E-state index in [1.807, 2.05) is 0 Å². The van der Waals surface area contributed by atoms with Crippen molar-refractivity contribution in [3.05, 3.63) is 0 Å². The van der Waals surface area contributed by atoms with Gasteiger partial charge in [0.2, 0.25) is 0 Å². The fraction of sp³-hybridized carbons (Fsp3) is 1.00. The molecule has 0 fully saturated rings. The van der Waals surface area contributed by atoms with Gasteiger partial charge in [0.25, 0.3) is 0 Å². The molecule has 1 atom stereocenters. The van der Waals surface area contributed by atoms with Crippen LogP contribution in [0.5, 0.6) is 0 Å². The van der Waals surface area contributed by atoms with Gasteiger partial charge in [0, 0.05) is 13.2 Å². The van der Waals surface area contributed by atoms with Gasteiger partial charge < -0.3 is 15.2 Å². The lowest BCUT2D eigenvalue weighted by Crippen LogP contribution is -2.30. The summed E-state index contributed by atoms with van der Waals surface area (Å²) in [5, 5.41) is 12.5. The molecule has 0 radical (unpaired) electrons. The molecule has 0 rings (SSSR count). The summed E-state index contributed by atoms with van der Waals surface area (Å²) in [7, 11) is 0. The molecule has 0 amide bonds. The molecular formula is C9H21NO2S. The summed E-state index contributed by atoms with van der Waals surface area (Å²) in [6.07, 6.45) is 1.65. The van der Waals surface area contributed by atoms with Gasteiger partial charge in [0.1, 0.15) is 0 Å². The molecule has 0 saturated heterocycles. The van der Waals surface area contributed by atoms with E-state index in [0.717, 1.165) is 25.1 Å². The highest BCUT2D eigenvalue weighted by Gasteiger charge is 2.02. The number of aliphatic hydroxyl groups excluding tert-OH is 1. The molecule has 4 heteroatoms. The van der Waals surface area contributed by atoms with Gasteiger partial charge in [0.15, 0.2) is 0 Å². The maximum atomic E-state index is 9.37. The lowest BCUT2D eigenvalue weighted by Gasteiger charge is -2.11. The summed E-state index contributed by atoms with van der Waals surface area (Å²) in [5.41, 5.74) is 0. The van der Waals surface area contributed by atoms with Crippen LogP contribution in [0.1, 0.15) is 19.8 Å². The van der Waals surface area contributed by atoms with Crippen LogP contribution in [-0.2, 0) is 4.74 Å². The minimum absolute atomic E-state index is 0.383. The molecule has 0 aliphatic heterocycles. The van der Waals surface area contributed by atoms with E-state index in [9.17, 15) is 5.11 Å². The third kappa shape index (κ3) is 10.1. The number of nitrogens with one attached hydrogen (secondary N) is 1. The summed E-state index contributed by atoms with van der Waals surface area (Å²) in [6, 6.07) is 0. The number of aliphatic hydroxyl groups is 1. The Hall–Kier alpha value is 0.230. The SMILES string of the molecule is CCCNCC(O)COCCCS. The van der Waals surface area contributed by atoms with Crippen LogP contribution in [0.15, 0.2) is 0 Å². The van der Waals surface area contributed by atoms with Crippen molar-refractivity contribution in [2.45, 2.75) is 25.9 Å². The summed E-state index contributed by atoms with van der Waals surface area (Å²) in [4.78, 5) is 0. The Balaban J connectivity index is 3.05. The van der Waals surface area contributed by atoms with E-state index < -0.39 is 0 Å². The number of hydrogen-bond donors (Lipinski definition) is 3. The van der Waals surface area contributed by atoms with Gasteiger partial charge >= 0.3 is 0 Å². The Morgan fingerprint density at radius 3 is 2.92 bits per heavy atom. The van der Waals surface area contributed by atoms with E-state index in [-0.39, 0.29) is 6.10 Å². The molecule has 0 aromatic heterocycles. The predicted octanol–water partition coefficient (Wildman–Crippen LogP) is 0.683. The normalized spacial score (nSPS) is 13.2. The topological polar surface area (TPSA) is 41.5 Å². The first-order chi connectivity index (χ1) is 6.31. The van der Waals surface area contributed by atoms with Gasteiger partial charge in [0.05, 0.1) is 12.7 Å². The summed E-state index contributed by atoms with van der Waals surface area (Å²) >= 11 is 4.06. The molecule has 13 heavy (non-hydrogen) atoms. The van der Waals surface area contributed by atoms with Crippen LogP contribution in [0.25, 0.3) is 0 Å². The zero-order chi connectivity index (χ0) is 9.94. The highest BCUT2D eigenvalue weighted by molar-refractivity contribution is 7.80. The Morgan fingerprint density at radius 2 is 2.31 bits per heavy atom. The lowest BCUT2D eigenvalue weighted by atomic mass is 10.3. The molecule has 0 saturated carbocycles. The molecule has 0 spiro atoms. The maximum absolute atomic E-state index is 9.37. The fourth-order valence-electron chi connectivity index (χ4n) is 0.890. The van der Waals surface area contributed by atoms with Crippen molar-refractivity contribution in [1.29, 1.82) is 0 Å². The molecule has 0 aliphatic rings. The number of rotatable bonds is 9. The first kappa shape index (κ1) is 13.2. The molecule has 0 heterocycles. The van der Waals surface area contributed by atoms with E-state index in [1.165, 1.54) is 0 Å². The molecule has 3 nitrogen and oxygen atoms in total. The summed E-state index contributed by atoms with van der Waals surface area (Å²) < 4.78 is 5.23. The van der Waals surface area contributed by atoms with E-state index >= 15 is 0 Å². The van der Waals surface area contributed by atoms with Crippen molar-refractivity contribution in [2.75, 3.05) is 32.1 Å². The molecule has 1 unspecified atom stereocenters. The second-order valence-corrected chi connectivity index (χ2v) is 3.46. The maximum Gasteiger partial charge on any atom is 0.0897 e. The van der Waals surface area contributed by atoms with Crippen molar-refractivity contribution >= 4 is 12.6 Å². The largest absolute Gasteiger partial charge is 0.389 e. The van der Waals surface area contributed by atoms with E-state index in [0.29, 0.717) is 19.8 Å². The third-order valence-electron chi connectivity index (χ3n) is 1.56. The van der Waals surface area contributed by atoms with Gasteiger partial charge in [-0.05, 0) is 25.1 Å². The van der Waals surface area contributed by atoms with Gasteiger partial charge in [-0.3, -0.25) is 0 Å². The summed E-state index contributed by atoms with van der Waals surface area (Å²) in [6.45, 7) is 4.78. The van der Waals surface area contributed by atoms with Crippen LogP contribution in [0.3, 0.4) is 0 Å². The van der Waals surface area contributed by atoms with Crippen molar-refractivity contribution in [1.82, 2.24) is 5.32 Å². The smallest absolute Gasteiger partial charge is 0.0897 e. The molecule has 0 aromatic rings. The van der Waals surface area contributed by atoms with E-state index in [4.69, 9.17) is 4.74 Å². The second-order valence-electron chi connectivity index (χ2n) is 3.01. The van der Waals surface area contributed by atoms with Gasteiger partial charge in [-0.2, -0.15) is 12.6 Å². The van der Waals surface area contributed by atoms with Crippen LogP contribution in [0.4, 0.5) is 0 Å². The number of thiol groups is 1. The Labute approximate surface area is 86.3 Å². The van der Waals surface area contributed by atoms with E-state index in [2.05, 4.69) is 24.9 Å². The summed E-state index contributed by atoms with van der Waals surface area (Å²) in [5.74, 6) is 0.837. The first-order valence-corrected chi connectivity index (χ1v) is 5.51. The third-order valence-corrected chi connectivity index (χ3v) is 1.88.